The van der Waals surface area contributed by atoms with E-state index in [4.69, 9.17) is 5.73 Å². The summed E-state index contributed by atoms with van der Waals surface area (Å²) in [5, 5.41) is 0. The molecule has 1 aromatic carbocycles. The Balaban J connectivity index is 2.96. The third-order valence-corrected chi connectivity index (χ3v) is 2.57. The second-order valence-electron chi connectivity index (χ2n) is 3.69. The minimum absolute atomic E-state index is 0.166. The summed E-state index contributed by atoms with van der Waals surface area (Å²) in [5.74, 6) is -1.63. The fourth-order valence-electron chi connectivity index (χ4n) is 1.75. The van der Waals surface area contributed by atoms with Crippen LogP contribution in [0.1, 0.15) is 25.3 Å². The molecule has 1 aromatic rings. The summed E-state index contributed by atoms with van der Waals surface area (Å²) >= 11 is 0. The highest BCUT2D eigenvalue weighted by molar-refractivity contribution is 6.00. The molecular weight excluding hydrogens is 190 g/mol. The van der Waals surface area contributed by atoms with Crippen molar-refractivity contribution in [3.8, 4) is 0 Å². The van der Waals surface area contributed by atoms with Gasteiger partial charge < -0.3 is 5.73 Å². The molecule has 1 rings (SSSR count). The normalized spacial score (nSPS) is 14.3. The van der Waals surface area contributed by atoms with Gasteiger partial charge in [0.05, 0.1) is 0 Å². The quantitative estimate of drug-likeness (QED) is 0.757. The number of nitrogens with two attached hydrogens (primary N) is 1. The summed E-state index contributed by atoms with van der Waals surface area (Å²) in [4.78, 5) is 22.5. The molecule has 0 saturated carbocycles. The van der Waals surface area contributed by atoms with Crippen molar-refractivity contribution in [2.45, 2.75) is 19.8 Å². The Bertz CT molecular complexity index is 345. The van der Waals surface area contributed by atoms with Crippen molar-refractivity contribution in [3.63, 3.8) is 0 Å². The average Bonchev–Trinajstić information content (AvgIpc) is 2.18. The Morgan fingerprint density at radius 3 is 2.13 bits per heavy atom. The van der Waals surface area contributed by atoms with Crippen molar-refractivity contribution in [2.24, 2.45) is 11.7 Å². The van der Waals surface area contributed by atoms with Crippen LogP contribution in [0.15, 0.2) is 30.3 Å². The first-order valence-corrected chi connectivity index (χ1v) is 4.88. The minimum Gasteiger partial charge on any atom is -0.369 e. The maximum absolute atomic E-state index is 11.3. The zero-order chi connectivity index (χ0) is 11.4. The summed E-state index contributed by atoms with van der Waals surface area (Å²) in [6, 6.07) is 9.43. The SMILES string of the molecule is CC(=O)C(C(N)=O)C(C)c1ccccc1. The van der Waals surface area contributed by atoms with E-state index in [0.29, 0.717) is 0 Å². The smallest absolute Gasteiger partial charge is 0.228 e. The zero-order valence-corrected chi connectivity index (χ0v) is 8.94. The first kappa shape index (κ1) is 11.4. The Hall–Kier alpha value is -1.64. The lowest BCUT2D eigenvalue weighted by Crippen LogP contribution is -2.32. The van der Waals surface area contributed by atoms with Crippen LogP contribution in [0.25, 0.3) is 0 Å². The lowest BCUT2D eigenvalue weighted by Gasteiger charge is -2.18. The molecule has 2 unspecified atom stereocenters. The van der Waals surface area contributed by atoms with Crippen LogP contribution < -0.4 is 5.73 Å². The first-order valence-electron chi connectivity index (χ1n) is 4.88. The molecule has 3 nitrogen and oxygen atoms in total. The average molecular weight is 205 g/mol. The number of primary amides is 1. The predicted molar refractivity (Wildman–Crippen MR) is 58.2 cm³/mol. The van der Waals surface area contributed by atoms with E-state index in [0.717, 1.165) is 5.56 Å². The van der Waals surface area contributed by atoms with Crippen LogP contribution in [0.4, 0.5) is 0 Å². The molecule has 3 heteroatoms. The molecule has 0 bridgehead atoms. The molecule has 1 amide bonds. The lowest BCUT2D eigenvalue weighted by atomic mass is 9.85. The van der Waals surface area contributed by atoms with Gasteiger partial charge in [-0.05, 0) is 18.4 Å². The number of Topliss-reactive ketones (excluding diaryl/α,β-unsaturated/α-hetero) is 1. The van der Waals surface area contributed by atoms with Crippen molar-refractivity contribution in [1.82, 2.24) is 0 Å². The second kappa shape index (κ2) is 4.73. The molecule has 0 aliphatic heterocycles. The fraction of sp³-hybridized carbons (Fsp3) is 0.333. The highest BCUT2D eigenvalue weighted by atomic mass is 16.2. The van der Waals surface area contributed by atoms with Crippen LogP contribution in [-0.2, 0) is 9.59 Å². The van der Waals surface area contributed by atoms with Crippen LogP contribution >= 0.6 is 0 Å². The molecule has 0 radical (unpaired) electrons. The Morgan fingerprint density at radius 1 is 1.20 bits per heavy atom. The number of ketones is 1. The van der Waals surface area contributed by atoms with Gasteiger partial charge in [0.25, 0.3) is 0 Å². The van der Waals surface area contributed by atoms with Crippen molar-refractivity contribution in [3.05, 3.63) is 35.9 Å². The number of hydrogen-bond donors (Lipinski definition) is 1. The first-order chi connectivity index (χ1) is 7.04. The van der Waals surface area contributed by atoms with Crippen LogP contribution in [0.3, 0.4) is 0 Å². The summed E-state index contributed by atoms with van der Waals surface area (Å²) in [6.07, 6.45) is 0. The largest absolute Gasteiger partial charge is 0.369 e. The van der Waals surface area contributed by atoms with E-state index in [9.17, 15) is 9.59 Å². The molecule has 0 aromatic heterocycles. The molecular formula is C12H15NO2. The van der Waals surface area contributed by atoms with Gasteiger partial charge in [-0.25, -0.2) is 0 Å². The number of amides is 1. The van der Waals surface area contributed by atoms with Crippen LogP contribution in [0.2, 0.25) is 0 Å². The van der Waals surface area contributed by atoms with Gasteiger partial charge in [-0.1, -0.05) is 37.3 Å². The van der Waals surface area contributed by atoms with Crippen LogP contribution in [0, 0.1) is 5.92 Å². The maximum atomic E-state index is 11.3. The van der Waals surface area contributed by atoms with E-state index in [2.05, 4.69) is 0 Å². The molecule has 15 heavy (non-hydrogen) atoms. The third kappa shape index (κ3) is 2.65. The Morgan fingerprint density at radius 2 is 1.73 bits per heavy atom. The van der Waals surface area contributed by atoms with E-state index in [1.54, 1.807) is 0 Å². The second-order valence-corrected chi connectivity index (χ2v) is 3.69. The molecule has 0 heterocycles. The van der Waals surface area contributed by atoms with Crippen LogP contribution in [-0.4, -0.2) is 11.7 Å². The number of benzene rings is 1. The third-order valence-electron chi connectivity index (χ3n) is 2.57. The molecule has 80 valence electrons. The van der Waals surface area contributed by atoms with Crippen molar-refractivity contribution in [2.75, 3.05) is 0 Å². The van der Waals surface area contributed by atoms with Gasteiger partial charge in [-0.2, -0.15) is 0 Å². The highest BCUT2D eigenvalue weighted by Crippen LogP contribution is 2.24. The summed E-state index contributed by atoms with van der Waals surface area (Å²) in [7, 11) is 0. The van der Waals surface area contributed by atoms with E-state index in [1.807, 2.05) is 37.3 Å². The van der Waals surface area contributed by atoms with Gasteiger partial charge in [0.1, 0.15) is 11.7 Å². The number of carbonyl (C=O) groups is 2. The maximum Gasteiger partial charge on any atom is 0.228 e. The standard InChI is InChI=1S/C12H15NO2/c1-8(10-6-4-3-5-7-10)11(9(2)14)12(13)15/h3-8,11H,1-2H3,(H2,13,15). The Labute approximate surface area is 89.3 Å². The lowest BCUT2D eigenvalue weighted by molar-refractivity contribution is -0.131. The van der Waals surface area contributed by atoms with E-state index in [1.165, 1.54) is 6.92 Å². The summed E-state index contributed by atoms with van der Waals surface area (Å²) in [6.45, 7) is 3.24. The van der Waals surface area contributed by atoms with Crippen molar-refractivity contribution >= 4 is 11.7 Å². The molecule has 2 N–H and O–H groups in total. The van der Waals surface area contributed by atoms with Gasteiger partial charge in [0.2, 0.25) is 5.91 Å². The zero-order valence-electron chi connectivity index (χ0n) is 8.94. The summed E-state index contributed by atoms with van der Waals surface area (Å²) in [5.41, 5.74) is 6.17. The van der Waals surface area contributed by atoms with E-state index in [-0.39, 0.29) is 11.7 Å². The predicted octanol–water partition coefficient (Wildman–Crippen LogP) is 1.48. The van der Waals surface area contributed by atoms with Gasteiger partial charge in [-0.3, -0.25) is 9.59 Å². The number of carbonyl (C=O) groups excluding carboxylic acids is 2. The van der Waals surface area contributed by atoms with Gasteiger partial charge in [0.15, 0.2) is 0 Å². The van der Waals surface area contributed by atoms with Gasteiger partial charge >= 0.3 is 0 Å². The molecule has 0 saturated heterocycles. The number of hydrogen-bond acceptors (Lipinski definition) is 2. The molecule has 0 spiro atoms. The molecule has 2 atom stereocenters. The van der Waals surface area contributed by atoms with Gasteiger partial charge in [-0.15, -0.1) is 0 Å². The van der Waals surface area contributed by atoms with Crippen molar-refractivity contribution in [1.29, 1.82) is 0 Å². The van der Waals surface area contributed by atoms with E-state index < -0.39 is 11.8 Å². The highest BCUT2D eigenvalue weighted by Gasteiger charge is 2.28. The Kier molecular flexibility index (Phi) is 3.61. The van der Waals surface area contributed by atoms with Gasteiger partial charge in [0, 0.05) is 0 Å². The molecule has 0 aliphatic rings. The number of rotatable bonds is 4. The minimum atomic E-state index is -0.729. The topological polar surface area (TPSA) is 60.2 Å². The summed E-state index contributed by atoms with van der Waals surface area (Å²) < 4.78 is 0. The monoisotopic (exact) mass is 205 g/mol. The fourth-order valence-corrected chi connectivity index (χ4v) is 1.75. The van der Waals surface area contributed by atoms with E-state index >= 15 is 0 Å². The van der Waals surface area contributed by atoms with Crippen molar-refractivity contribution < 1.29 is 9.59 Å². The molecule has 0 aliphatic carbocycles. The van der Waals surface area contributed by atoms with Crippen LogP contribution in [0.5, 0.6) is 0 Å². The molecule has 0 fully saturated rings.